The zero-order valence-corrected chi connectivity index (χ0v) is 8.48. The molecule has 0 amide bonds. The van der Waals surface area contributed by atoms with E-state index in [9.17, 15) is 0 Å². The average molecular weight is 159 g/mol. The van der Waals surface area contributed by atoms with Gasteiger partial charge in [-0.2, -0.15) is 0 Å². The minimum atomic E-state index is 0. The van der Waals surface area contributed by atoms with Crippen molar-refractivity contribution in [2.75, 3.05) is 13.1 Å². The van der Waals surface area contributed by atoms with Crippen LogP contribution < -0.4 is 5.32 Å². The van der Waals surface area contributed by atoms with Crippen molar-refractivity contribution >= 4 is 0 Å². The number of hydrogen-bond donors (Lipinski definition) is 1. The van der Waals surface area contributed by atoms with Gasteiger partial charge in [-0.05, 0) is 31.3 Å². The zero-order valence-electron chi connectivity index (χ0n) is 8.48. The van der Waals surface area contributed by atoms with E-state index in [1.807, 2.05) is 0 Å². The van der Waals surface area contributed by atoms with E-state index >= 15 is 0 Å². The quantitative estimate of drug-likeness (QED) is 0.573. The molecule has 0 aliphatic carbocycles. The molecule has 0 aromatic heterocycles. The highest BCUT2D eigenvalue weighted by atomic mass is 14.9. The average Bonchev–Trinajstić information content (AvgIpc) is 1.88. The molecular weight excluding hydrogens is 134 g/mol. The highest BCUT2D eigenvalue weighted by Gasteiger charge is 2.12. The monoisotopic (exact) mass is 159 g/mol. The van der Waals surface area contributed by atoms with Crippen molar-refractivity contribution in [3.05, 3.63) is 0 Å². The highest BCUT2D eigenvalue weighted by molar-refractivity contribution is 4.69. The summed E-state index contributed by atoms with van der Waals surface area (Å²) in [5.74, 6) is 1.80. The number of piperidine rings is 1. The SMILES string of the molecule is CC1CNCC(C)C1.CCC.[HH]. The number of nitrogens with one attached hydrogen (secondary N) is 1. The van der Waals surface area contributed by atoms with Crippen LogP contribution in [0.3, 0.4) is 0 Å². The molecule has 1 heteroatoms. The van der Waals surface area contributed by atoms with Gasteiger partial charge in [0.25, 0.3) is 0 Å². The Morgan fingerprint density at radius 1 is 1.18 bits per heavy atom. The van der Waals surface area contributed by atoms with Gasteiger partial charge in [-0.15, -0.1) is 0 Å². The first kappa shape index (κ1) is 11.0. The van der Waals surface area contributed by atoms with Gasteiger partial charge in [0, 0.05) is 1.43 Å². The molecule has 2 unspecified atom stereocenters. The van der Waals surface area contributed by atoms with Crippen LogP contribution >= 0.6 is 0 Å². The minimum absolute atomic E-state index is 0. The van der Waals surface area contributed by atoms with Crippen LogP contribution in [0.15, 0.2) is 0 Å². The van der Waals surface area contributed by atoms with Crippen LogP contribution in [0.5, 0.6) is 0 Å². The molecule has 2 atom stereocenters. The Labute approximate surface area is 73.1 Å². The van der Waals surface area contributed by atoms with Gasteiger partial charge in [-0.3, -0.25) is 0 Å². The van der Waals surface area contributed by atoms with Gasteiger partial charge in [-0.1, -0.05) is 34.1 Å². The molecule has 1 rings (SSSR count). The summed E-state index contributed by atoms with van der Waals surface area (Å²) in [6.07, 6.45) is 2.66. The van der Waals surface area contributed by atoms with E-state index in [1.165, 1.54) is 25.9 Å². The fraction of sp³-hybridized carbons (Fsp3) is 1.00. The van der Waals surface area contributed by atoms with E-state index in [-0.39, 0.29) is 1.43 Å². The van der Waals surface area contributed by atoms with E-state index in [1.54, 1.807) is 0 Å². The molecule has 0 bridgehead atoms. The molecule has 0 radical (unpaired) electrons. The second-order valence-electron chi connectivity index (χ2n) is 3.81. The Kier molecular flexibility index (Phi) is 6.63. The van der Waals surface area contributed by atoms with Gasteiger partial charge in [0.1, 0.15) is 0 Å². The summed E-state index contributed by atoms with van der Waals surface area (Å²) in [7, 11) is 0. The lowest BCUT2D eigenvalue weighted by Gasteiger charge is -2.24. The Bertz CT molecular complexity index is 77.9. The minimum Gasteiger partial charge on any atom is -0.316 e. The Hall–Kier alpha value is -0.0400. The maximum absolute atomic E-state index is 3.38. The molecule has 1 nitrogen and oxygen atoms in total. The lowest BCUT2D eigenvalue weighted by Crippen LogP contribution is -2.33. The van der Waals surface area contributed by atoms with Gasteiger partial charge in [0.2, 0.25) is 0 Å². The third kappa shape index (κ3) is 6.36. The predicted octanol–water partition coefficient (Wildman–Crippen LogP) is 2.91. The van der Waals surface area contributed by atoms with Gasteiger partial charge in [-0.25, -0.2) is 0 Å². The molecule has 1 N–H and O–H groups in total. The lowest BCUT2D eigenvalue weighted by atomic mass is 9.94. The van der Waals surface area contributed by atoms with Crippen LogP contribution in [-0.4, -0.2) is 13.1 Å². The Morgan fingerprint density at radius 2 is 1.55 bits per heavy atom. The van der Waals surface area contributed by atoms with Crippen molar-refractivity contribution in [1.82, 2.24) is 5.32 Å². The summed E-state index contributed by atoms with van der Waals surface area (Å²) >= 11 is 0. The van der Waals surface area contributed by atoms with Crippen molar-refractivity contribution < 1.29 is 1.43 Å². The summed E-state index contributed by atoms with van der Waals surface area (Å²) < 4.78 is 0. The molecule has 1 saturated heterocycles. The first-order chi connectivity index (χ1) is 5.20. The largest absolute Gasteiger partial charge is 0.316 e. The molecule has 1 fully saturated rings. The summed E-state index contributed by atoms with van der Waals surface area (Å²) in [6, 6.07) is 0. The first-order valence-corrected chi connectivity index (χ1v) is 4.91. The molecule has 0 spiro atoms. The van der Waals surface area contributed by atoms with E-state index in [0.717, 1.165) is 11.8 Å². The van der Waals surface area contributed by atoms with Crippen LogP contribution in [-0.2, 0) is 0 Å². The first-order valence-electron chi connectivity index (χ1n) is 4.91. The molecule has 0 aromatic carbocycles. The fourth-order valence-corrected chi connectivity index (χ4v) is 1.43. The van der Waals surface area contributed by atoms with Gasteiger partial charge < -0.3 is 5.32 Å². The highest BCUT2D eigenvalue weighted by Crippen LogP contribution is 2.13. The number of hydrogen-bond acceptors (Lipinski definition) is 1. The fourth-order valence-electron chi connectivity index (χ4n) is 1.43. The maximum atomic E-state index is 3.38. The van der Waals surface area contributed by atoms with Gasteiger partial charge in [0.05, 0.1) is 0 Å². The molecular formula is C10H25N. The molecule has 1 heterocycles. The lowest BCUT2D eigenvalue weighted by molar-refractivity contribution is 0.321. The molecule has 11 heavy (non-hydrogen) atoms. The predicted molar refractivity (Wildman–Crippen MR) is 53.9 cm³/mol. The standard InChI is InChI=1S/C7H15N.C3H8.H2/c1-6-3-7(2)5-8-4-6;1-3-2;/h6-8H,3-5H2,1-2H3;3H2,1-2H3;1H. The molecule has 0 saturated carbocycles. The third-order valence-electron chi connectivity index (χ3n) is 1.79. The van der Waals surface area contributed by atoms with Crippen molar-refractivity contribution in [2.45, 2.75) is 40.5 Å². The summed E-state index contributed by atoms with van der Waals surface area (Å²) in [6.45, 7) is 11.3. The van der Waals surface area contributed by atoms with Crippen molar-refractivity contribution in [3.8, 4) is 0 Å². The summed E-state index contributed by atoms with van der Waals surface area (Å²) in [5, 5.41) is 3.38. The second kappa shape index (κ2) is 6.66. The molecule has 1 aliphatic heterocycles. The topological polar surface area (TPSA) is 12.0 Å². The zero-order chi connectivity index (χ0) is 8.69. The van der Waals surface area contributed by atoms with Crippen LogP contribution in [0.4, 0.5) is 0 Å². The van der Waals surface area contributed by atoms with Gasteiger partial charge >= 0.3 is 0 Å². The Morgan fingerprint density at radius 3 is 1.73 bits per heavy atom. The molecule has 1 aliphatic rings. The van der Waals surface area contributed by atoms with Gasteiger partial charge in [0.15, 0.2) is 0 Å². The second-order valence-corrected chi connectivity index (χ2v) is 3.81. The smallest absolute Gasteiger partial charge is 0 e. The molecule has 70 valence electrons. The van der Waals surface area contributed by atoms with E-state index < -0.39 is 0 Å². The van der Waals surface area contributed by atoms with Crippen LogP contribution in [0.2, 0.25) is 0 Å². The van der Waals surface area contributed by atoms with E-state index in [2.05, 4.69) is 33.0 Å². The molecule has 0 aromatic rings. The van der Waals surface area contributed by atoms with Crippen LogP contribution in [0.25, 0.3) is 0 Å². The van der Waals surface area contributed by atoms with E-state index in [0.29, 0.717) is 0 Å². The Balaban J connectivity index is 0. The van der Waals surface area contributed by atoms with Crippen LogP contribution in [0.1, 0.15) is 42.0 Å². The van der Waals surface area contributed by atoms with Crippen molar-refractivity contribution in [3.63, 3.8) is 0 Å². The summed E-state index contributed by atoms with van der Waals surface area (Å²) in [5.41, 5.74) is 0. The van der Waals surface area contributed by atoms with E-state index in [4.69, 9.17) is 0 Å². The van der Waals surface area contributed by atoms with Crippen molar-refractivity contribution in [2.24, 2.45) is 11.8 Å². The maximum Gasteiger partial charge on any atom is 0 e. The summed E-state index contributed by atoms with van der Waals surface area (Å²) in [4.78, 5) is 0. The normalized spacial score (nSPS) is 30.5. The van der Waals surface area contributed by atoms with Crippen molar-refractivity contribution in [1.29, 1.82) is 0 Å². The number of rotatable bonds is 0. The third-order valence-corrected chi connectivity index (χ3v) is 1.79. The van der Waals surface area contributed by atoms with Crippen LogP contribution in [0, 0.1) is 11.8 Å².